The van der Waals surface area contributed by atoms with Crippen LogP contribution in [0.2, 0.25) is 0 Å². The minimum Gasteiger partial charge on any atom is -0.467 e. The largest absolute Gasteiger partial charge is 0.467 e. The smallest absolute Gasteiger partial charge is 0.328 e. The molecule has 1 fully saturated rings. The van der Waals surface area contributed by atoms with Crippen LogP contribution in [-0.2, 0) is 14.3 Å². The van der Waals surface area contributed by atoms with Crippen LogP contribution >= 0.6 is 0 Å². The number of carbonyl (C=O) groups excluding carboxylic acids is 2. The fourth-order valence-electron chi connectivity index (χ4n) is 2.54. The maximum absolute atomic E-state index is 12.0. The van der Waals surface area contributed by atoms with Crippen molar-refractivity contribution < 1.29 is 14.3 Å². The van der Waals surface area contributed by atoms with Gasteiger partial charge in [0.05, 0.1) is 7.11 Å². The molecule has 1 aliphatic carbocycles. The maximum Gasteiger partial charge on any atom is 0.328 e. The van der Waals surface area contributed by atoms with E-state index in [1.807, 2.05) is 13.8 Å². The Kier molecular flexibility index (Phi) is 5.79. The molecule has 1 amide bonds. The molecule has 0 aromatic heterocycles. The summed E-state index contributed by atoms with van der Waals surface area (Å²) in [6.07, 6.45) is 4.15. The van der Waals surface area contributed by atoms with Gasteiger partial charge in [-0.05, 0) is 37.1 Å². The van der Waals surface area contributed by atoms with E-state index < -0.39 is 6.04 Å². The van der Waals surface area contributed by atoms with Crippen molar-refractivity contribution in [2.24, 2.45) is 17.1 Å². The van der Waals surface area contributed by atoms with E-state index in [2.05, 4.69) is 5.32 Å². The molecule has 0 heterocycles. The molecular formula is C14H26N2O3. The number of nitrogens with two attached hydrogens (primary N) is 1. The molecule has 110 valence electrons. The highest BCUT2D eigenvalue weighted by atomic mass is 16.5. The zero-order valence-electron chi connectivity index (χ0n) is 12.2. The normalized spacial score (nSPS) is 18.6. The molecule has 1 rings (SSSR count). The lowest BCUT2D eigenvalue weighted by Crippen LogP contribution is -2.47. The van der Waals surface area contributed by atoms with Gasteiger partial charge in [0.25, 0.3) is 0 Å². The van der Waals surface area contributed by atoms with Gasteiger partial charge in [0.2, 0.25) is 5.91 Å². The van der Waals surface area contributed by atoms with Crippen molar-refractivity contribution in [2.75, 3.05) is 13.7 Å². The topological polar surface area (TPSA) is 81.4 Å². The number of amides is 1. The van der Waals surface area contributed by atoms with Crippen LogP contribution in [0.15, 0.2) is 0 Å². The number of rotatable bonds is 7. The summed E-state index contributed by atoms with van der Waals surface area (Å²) in [5.74, 6) is -0.157. The SMILES string of the molecule is COC(=O)C(CC(C)C)NC(=O)CC1(CN)CCC1. The van der Waals surface area contributed by atoms with Crippen molar-refractivity contribution in [3.8, 4) is 0 Å². The first-order valence-corrected chi connectivity index (χ1v) is 7.00. The van der Waals surface area contributed by atoms with Gasteiger partial charge in [-0.1, -0.05) is 20.3 Å². The summed E-state index contributed by atoms with van der Waals surface area (Å²) in [6, 6.07) is -0.549. The van der Waals surface area contributed by atoms with Crippen molar-refractivity contribution in [3.63, 3.8) is 0 Å². The Morgan fingerprint density at radius 2 is 2.00 bits per heavy atom. The van der Waals surface area contributed by atoms with Gasteiger partial charge in [0, 0.05) is 6.42 Å². The van der Waals surface area contributed by atoms with Crippen molar-refractivity contribution in [1.82, 2.24) is 5.32 Å². The van der Waals surface area contributed by atoms with E-state index in [1.54, 1.807) is 0 Å². The number of hydrogen-bond acceptors (Lipinski definition) is 4. The van der Waals surface area contributed by atoms with Gasteiger partial charge in [0.15, 0.2) is 0 Å². The third-order valence-electron chi connectivity index (χ3n) is 3.91. The van der Waals surface area contributed by atoms with Crippen molar-refractivity contribution in [2.45, 2.75) is 52.0 Å². The highest BCUT2D eigenvalue weighted by Gasteiger charge is 2.38. The molecule has 0 saturated heterocycles. The van der Waals surface area contributed by atoms with E-state index in [1.165, 1.54) is 7.11 Å². The molecule has 0 radical (unpaired) electrons. The predicted octanol–water partition coefficient (Wildman–Crippen LogP) is 1.21. The van der Waals surface area contributed by atoms with Crippen LogP contribution in [0.3, 0.4) is 0 Å². The number of carbonyl (C=O) groups is 2. The summed E-state index contributed by atoms with van der Waals surface area (Å²) in [5, 5.41) is 2.79. The molecule has 19 heavy (non-hydrogen) atoms. The minimum absolute atomic E-state index is 0.0391. The highest BCUT2D eigenvalue weighted by Crippen LogP contribution is 2.42. The Balaban J connectivity index is 2.53. The van der Waals surface area contributed by atoms with E-state index in [0.717, 1.165) is 19.3 Å². The molecule has 1 atom stereocenters. The Morgan fingerprint density at radius 3 is 2.37 bits per heavy atom. The molecule has 0 bridgehead atoms. The second kappa shape index (κ2) is 6.89. The molecule has 3 N–H and O–H groups in total. The Morgan fingerprint density at radius 1 is 1.37 bits per heavy atom. The lowest BCUT2D eigenvalue weighted by atomic mass is 9.66. The fourth-order valence-corrected chi connectivity index (χ4v) is 2.54. The van der Waals surface area contributed by atoms with Crippen LogP contribution in [0.4, 0.5) is 0 Å². The van der Waals surface area contributed by atoms with E-state index in [-0.39, 0.29) is 17.3 Å². The summed E-state index contributed by atoms with van der Waals surface area (Å²) in [4.78, 5) is 23.7. The van der Waals surface area contributed by atoms with Gasteiger partial charge >= 0.3 is 5.97 Å². The van der Waals surface area contributed by atoms with Crippen LogP contribution in [0, 0.1) is 11.3 Å². The summed E-state index contributed by atoms with van der Waals surface area (Å²) in [6.45, 7) is 4.55. The summed E-state index contributed by atoms with van der Waals surface area (Å²) in [7, 11) is 1.34. The van der Waals surface area contributed by atoms with E-state index >= 15 is 0 Å². The molecular weight excluding hydrogens is 244 g/mol. The molecule has 5 heteroatoms. The standard InChI is InChI=1S/C14H26N2O3/c1-10(2)7-11(13(18)19-3)16-12(17)8-14(9-15)5-4-6-14/h10-11H,4-9,15H2,1-3H3,(H,16,17). The second-order valence-corrected chi connectivity index (χ2v) is 6.01. The average molecular weight is 270 g/mol. The van der Waals surface area contributed by atoms with E-state index in [0.29, 0.717) is 25.3 Å². The van der Waals surface area contributed by atoms with Crippen LogP contribution in [0.1, 0.15) is 46.0 Å². The van der Waals surface area contributed by atoms with Gasteiger partial charge in [0.1, 0.15) is 6.04 Å². The molecule has 0 aromatic rings. The number of nitrogens with one attached hydrogen (secondary N) is 1. The molecule has 0 aromatic carbocycles. The molecule has 1 unspecified atom stereocenters. The summed E-state index contributed by atoms with van der Waals surface area (Å²) >= 11 is 0. The predicted molar refractivity (Wildman–Crippen MR) is 73.4 cm³/mol. The first-order chi connectivity index (χ1) is 8.92. The zero-order chi connectivity index (χ0) is 14.5. The minimum atomic E-state index is -0.549. The van der Waals surface area contributed by atoms with Gasteiger partial charge in [-0.3, -0.25) is 4.79 Å². The number of esters is 1. The third-order valence-corrected chi connectivity index (χ3v) is 3.91. The third kappa shape index (κ3) is 4.49. The Hall–Kier alpha value is -1.10. The molecule has 1 aliphatic rings. The number of ether oxygens (including phenoxy) is 1. The van der Waals surface area contributed by atoms with Gasteiger partial charge in [-0.25, -0.2) is 4.79 Å². The van der Waals surface area contributed by atoms with Gasteiger partial charge in [-0.15, -0.1) is 0 Å². The van der Waals surface area contributed by atoms with Crippen LogP contribution < -0.4 is 11.1 Å². The number of hydrogen-bond donors (Lipinski definition) is 2. The summed E-state index contributed by atoms with van der Waals surface area (Å²) < 4.78 is 4.73. The lowest BCUT2D eigenvalue weighted by molar-refractivity contribution is -0.146. The van der Waals surface area contributed by atoms with Crippen LogP contribution in [-0.4, -0.2) is 31.6 Å². The van der Waals surface area contributed by atoms with Crippen molar-refractivity contribution in [3.05, 3.63) is 0 Å². The average Bonchev–Trinajstić information content (AvgIpc) is 2.31. The van der Waals surface area contributed by atoms with Gasteiger partial charge in [-0.2, -0.15) is 0 Å². The highest BCUT2D eigenvalue weighted by molar-refractivity contribution is 5.84. The summed E-state index contributed by atoms with van der Waals surface area (Å²) in [5.41, 5.74) is 5.70. The van der Waals surface area contributed by atoms with E-state index in [9.17, 15) is 9.59 Å². The lowest BCUT2D eigenvalue weighted by Gasteiger charge is -2.40. The molecule has 0 spiro atoms. The van der Waals surface area contributed by atoms with Gasteiger partial charge < -0.3 is 15.8 Å². The maximum atomic E-state index is 12.0. The second-order valence-electron chi connectivity index (χ2n) is 6.01. The zero-order valence-corrected chi connectivity index (χ0v) is 12.2. The molecule has 0 aliphatic heterocycles. The quantitative estimate of drug-likeness (QED) is 0.681. The fraction of sp³-hybridized carbons (Fsp3) is 0.857. The Bertz CT molecular complexity index is 319. The first kappa shape index (κ1) is 16.0. The monoisotopic (exact) mass is 270 g/mol. The first-order valence-electron chi connectivity index (χ1n) is 7.00. The Labute approximate surface area is 115 Å². The van der Waals surface area contributed by atoms with Crippen LogP contribution in [0.5, 0.6) is 0 Å². The molecule has 1 saturated carbocycles. The van der Waals surface area contributed by atoms with Crippen molar-refractivity contribution >= 4 is 11.9 Å². The van der Waals surface area contributed by atoms with E-state index in [4.69, 9.17) is 10.5 Å². The number of methoxy groups -OCH3 is 1. The van der Waals surface area contributed by atoms with Crippen LogP contribution in [0.25, 0.3) is 0 Å². The molecule has 5 nitrogen and oxygen atoms in total. The van der Waals surface area contributed by atoms with Crippen molar-refractivity contribution in [1.29, 1.82) is 0 Å².